The number of fused-ring (bicyclic) bond motifs is 1. The smallest absolute Gasteiger partial charge is 0.262 e. The van der Waals surface area contributed by atoms with Crippen LogP contribution in [0.2, 0.25) is 0 Å². The van der Waals surface area contributed by atoms with Crippen LogP contribution in [0.15, 0.2) is 38.7 Å². The van der Waals surface area contributed by atoms with E-state index in [2.05, 4.69) is 10.1 Å². The first-order valence-electron chi connectivity index (χ1n) is 8.81. The molecule has 3 aromatic rings. The Labute approximate surface area is 157 Å². The molecule has 0 radical (unpaired) electrons. The molecule has 0 fully saturated rings. The fraction of sp³-hybridized carbons (Fsp3) is 0.474. The average molecular weight is 372 g/mol. The van der Waals surface area contributed by atoms with Crippen LogP contribution in [0.3, 0.4) is 0 Å². The van der Waals surface area contributed by atoms with Gasteiger partial charge in [0.2, 0.25) is 5.89 Å². The number of benzene rings is 1. The van der Waals surface area contributed by atoms with Crippen LogP contribution in [0.1, 0.15) is 58.0 Å². The molecule has 0 amide bonds. The van der Waals surface area contributed by atoms with Crippen LogP contribution in [0.4, 0.5) is 0 Å². The second-order valence-electron chi connectivity index (χ2n) is 7.33. The number of para-hydroxylation sites is 1. The molecule has 1 atom stereocenters. The maximum absolute atomic E-state index is 12.9. The Bertz CT molecular complexity index is 972. The van der Waals surface area contributed by atoms with Crippen molar-refractivity contribution in [2.24, 2.45) is 0 Å². The van der Waals surface area contributed by atoms with Gasteiger partial charge in [-0.2, -0.15) is 4.98 Å². The monoisotopic (exact) mass is 372 g/mol. The predicted octanol–water partition coefficient (Wildman–Crippen LogP) is 4.34. The number of nitrogens with zero attached hydrogens (tertiary/aromatic N) is 4. The number of hydrogen-bond donors (Lipinski definition) is 0. The van der Waals surface area contributed by atoms with Gasteiger partial charge in [-0.1, -0.05) is 56.7 Å². The molecule has 3 rings (SSSR count). The number of hydrogen-bond acceptors (Lipinski definition) is 6. The Morgan fingerprint density at radius 2 is 1.96 bits per heavy atom. The minimum atomic E-state index is -0.169. The van der Waals surface area contributed by atoms with Gasteiger partial charge in [-0.05, 0) is 25.5 Å². The fourth-order valence-electron chi connectivity index (χ4n) is 2.57. The first kappa shape index (κ1) is 18.6. The molecule has 2 heterocycles. The summed E-state index contributed by atoms with van der Waals surface area (Å²) >= 11 is 1.47. The van der Waals surface area contributed by atoms with Gasteiger partial charge in [-0.25, -0.2) is 4.98 Å². The standard InChI is InChI=1S/C19H24N4O2S/c1-6-11-23-16(24)13-9-7-8-10-14(13)20-18(23)26-12(2)15-21-17(22-25-15)19(3,4)5/h7-10,12H,6,11H2,1-5H3/t12-/m0/s1. The molecule has 0 spiro atoms. The molecule has 0 saturated carbocycles. The molecule has 0 saturated heterocycles. The second kappa shape index (κ2) is 7.23. The molecule has 0 unspecified atom stereocenters. The van der Waals surface area contributed by atoms with Crippen LogP contribution in [0, 0.1) is 0 Å². The molecule has 6 nitrogen and oxygen atoms in total. The summed E-state index contributed by atoms with van der Waals surface area (Å²) in [6.45, 7) is 10.8. The van der Waals surface area contributed by atoms with Gasteiger partial charge in [0.15, 0.2) is 11.0 Å². The Balaban J connectivity index is 1.98. The first-order chi connectivity index (χ1) is 12.3. The summed E-state index contributed by atoms with van der Waals surface area (Å²) in [6.07, 6.45) is 0.858. The Morgan fingerprint density at radius 3 is 2.62 bits per heavy atom. The molecule has 138 valence electrons. The minimum absolute atomic E-state index is 0.00643. The molecule has 1 aromatic carbocycles. The van der Waals surface area contributed by atoms with Crippen molar-refractivity contribution in [3.8, 4) is 0 Å². The maximum atomic E-state index is 12.9. The van der Waals surface area contributed by atoms with E-state index in [1.54, 1.807) is 4.57 Å². The van der Waals surface area contributed by atoms with Crippen LogP contribution in [-0.2, 0) is 12.0 Å². The summed E-state index contributed by atoms with van der Waals surface area (Å²) < 4.78 is 7.19. The van der Waals surface area contributed by atoms with Crippen molar-refractivity contribution in [1.29, 1.82) is 0 Å². The second-order valence-corrected chi connectivity index (χ2v) is 8.64. The van der Waals surface area contributed by atoms with Crippen molar-refractivity contribution in [3.63, 3.8) is 0 Å². The zero-order valence-corrected chi connectivity index (χ0v) is 16.6. The van der Waals surface area contributed by atoms with Gasteiger partial charge >= 0.3 is 0 Å². The van der Waals surface area contributed by atoms with Crippen molar-refractivity contribution in [2.75, 3.05) is 0 Å². The lowest BCUT2D eigenvalue weighted by Gasteiger charge is -2.14. The van der Waals surface area contributed by atoms with Gasteiger partial charge in [0, 0.05) is 12.0 Å². The molecule has 26 heavy (non-hydrogen) atoms. The molecule has 0 bridgehead atoms. The van der Waals surface area contributed by atoms with Gasteiger partial charge in [-0.3, -0.25) is 9.36 Å². The SMILES string of the molecule is CCCn1c(S[C@@H](C)c2nc(C(C)(C)C)no2)nc2ccccc2c1=O. The van der Waals surface area contributed by atoms with E-state index < -0.39 is 0 Å². The molecule has 2 aromatic heterocycles. The normalized spacial score (nSPS) is 13.3. The first-order valence-corrected chi connectivity index (χ1v) is 9.69. The van der Waals surface area contributed by atoms with Gasteiger partial charge in [0.1, 0.15) is 0 Å². The van der Waals surface area contributed by atoms with Gasteiger partial charge < -0.3 is 4.52 Å². The van der Waals surface area contributed by atoms with Crippen LogP contribution >= 0.6 is 11.8 Å². The van der Waals surface area contributed by atoms with E-state index in [1.165, 1.54) is 11.8 Å². The maximum Gasteiger partial charge on any atom is 0.262 e. The number of thioether (sulfide) groups is 1. The van der Waals surface area contributed by atoms with E-state index in [4.69, 9.17) is 9.51 Å². The fourth-order valence-corrected chi connectivity index (χ4v) is 3.54. The highest BCUT2D eigenvalue weighted by Gasteiger charge is 2.24. The van der Waals surface area contributed by atoms with Crippen molar-refractivity contribution < 1.29 is 4.52 Å². The summed E-state index contributed by atoms with van der Waals surface area (Å²) in [6, 6.07) is 7.45. The van der Waals surface area contributed by atoms with Crippen molar-refractivity contribution >= 4 is 22.7 Å². The molecular formula is C19H24N4O2S. The zero-order valence-electron chi connectivity index (χ0n) is 15.8. The van der Waals surface area contributed by atoms with E-state index in [0.717, 1.165) is 6.42 Å². The lowest BCUT2D eigenvalue weighted by Crippen LogP contribution is -2.23. The van der Waals surface area contributed by atoms with Gasteiger partial charge in [-0.15, -0.1) is 0 Å². The van der Waals surface area contributed by atoms with Crippen LogP contribution in [0.25, 0.3) is 10.9 Å². The average Bonchev–Trinajstić information content (AvgIpc) is 3.09. The zero-order chi connectivity index (χ0) is 18.9. The Hall–Kier alpha value is -2.15. The van der Waals surface area contributed by atoms with Crippen LogP contribution < -0.4 is 5.56 Å². The summed E-state index contributed by atoms with van der Waals surface area (Å²) in [5, 5.41) is 5.31. The van der Waals surface area contributed by atoms with Crippen LogP contribution in [0.5, 0.6) is 0 Å². The number of rotatable bonds is 5. The van der Waals surface area contributed by atoms with E-state index in [0.29, 0.717) is 34.3 Å². The molecule has 0 aliphatic carbocycles. The third-order valence-corrected chi connectivity index (χ3v) is 5.09. The Kier molecular flexibility index (Phi) is 5.18. The topological polar surface area (TPSA) is 73.8 Å². The number of aromatic nitrogens is 4. The van der Waals surface area contributed by atoms with Crippen molar-refractivity contribution in [1.82, 2.24) is 19.7 Å². The van der Waals surface area contributed by atoms with E-state index in [1.807, 2.05) is 58.9 Å². The molecule has 0 aliphatic heterocycles. The highest BCUT2D eigenvalue weighted by molar-refractivity contribution is 7.99. The highest BCUT2D eigenvalue weighted by atomic mass is 32.2. The third kappa shape index (κ3) is 3.67. The van der Waals surface area contributed by atoms with E-state index in [-0.39, 0.29) is 16.2 Å². The van der Waals surface area contributed by atoms with Crippen LogP contribution in [-0.4, -0.2) is 19.7 Å². The molecular weight excluding hydrogens is 348 g/mol. The third-order valence-electron chi connectivity index (χ3n) is 4.02. The van der Waals surface area contributed by atoms with Gasteiger partial charge in [0.25, 0.3) is 5.56 Å². The summed E-state index contributed by atoms with van der Waals surface area (Å²) in [7, 11) is 0. The predicted molar refractivity (Wildman–Crippen MR) is 104 cm³/mol. The largest absolute Gasteiger partial charge is 0.338 e. The summed E-state index contributed by atoms with van der Waals surface area (Å²) in [5.74, 6) is 1.22. The summed E-state index contributed by atoms with van der Waals surface area (Å²) in [5.41, 5.74) is 0.533. The molecule has 7 heteroatoms. The van der Waals surface area contributed by atoms with E-state index in [9.17, 15) is 4.79 Å². The van der Waals surface area contributed by atoms with E-state index >= 15 is 0 Å². The lowest BCUT2D eigenvalue weighted by atomic mass is 9.96. The highest BCUT2D eigenvalue weighted by Crippen LogP contribution is 2.34. The van der Waals surface area contributed by atoms with Crippen molar-refractivity contribution in [2.45, 2.75) is 63.4 Å². The Morgan fingerprint density at radius 1 is 1.23 bits per heavy atom. The lowest BCUT2D eigenvalue weighted by molar-refractivity contribution is 0.364. The minimum Gasteiger partial charge on any atom is -0.338 e. The van der Waals surface area contributed by atoms with Gasteiger partial charge in [0.05, 0.1) is 16.2 Å². The molecule has 0 aliphatic rings. The summed E-state index contributed by atoms with van der Waals surface area (Å²) in [4.78, 5) is 22.1. The molecule has 0 N–H and O–H groups in total. The quantitative estimate of drug-likeness (QED) is 0.490. The van der Waals surface area contributed by atoms with Crippen molar-refractivity contribution in [3.05, 3.63) is 46.3 Å².